The van der Waals surface area contributed by atoms with Crippen molar-refractivity contribution in [2.75, 3.05) is 0 Å². The number of carbonyl (C=O) groups excluding carboxylic acids is 2. The third kappa shape index (κ3) is 3.38. The lowest BCUT2D eigenvalue weighted by Crippen LogP contribution is -2.18. The van der Waals surface area contributed by atoms with Crippen molar-refractivity contribution in [2.45, 2.75) is 13.8 Å². The third-order valence-electron chi connectivity index (χ3n) is 2.89. The summed E-state index contributed by atoms with van der Waals surface area (Å²) >= 11 is 0. The highest BCUT2D eigenvalue weighted by Crippen LogP contribution is 2.22. The monoisotopic (exact) mass is 254 g/mol. The Morgan fingerprint density at radius 1 is 1.21 bits per heavy atom. The van der Waals surface area contributed by atoms with Crippen molar-refractivity contribution >= 4 is 11.6 Å². The molecule has 0 radical (unpaired) electrons. The van der Waals surface area contributed by atoms with Gasteiger partial charge in [0.15, 0.2) is 11.6 Å². The van der Waals surface area contributed by atoms with Gasteiger partial charge in [-0.1, -0.05) is 62.6 Å². The molecule has 0 aromatic heterocycles. The average molecular weight is 254 g/mol. The van der Waals surface area contributed by atoms with Gasteiger partial charge in [-0.2, -0.15) is 0 Å². The first-order chi connectivity index (χ1) is 9.02. The van der Waals surface area contributed by atoms with Gasteiger partial charge in [0, 0.05) is 22.6 Å². The van der Waals surface area contributed by atoms with E-state index in [1.165, 1.54) is 6.08 Å². The van der Waals surface area contributed by atoms with Crippen molar-refractivity contribution in [1.82, 2.24) is 0 Å². The van der Waals surface area contributed by atoms with Crippen molar-refractivity contribution in [3.8, 4) is 0 Å². The van der Waals surface area contributed by atoms with Gasteiger partial charge in [-0.25, -0.2) is 0 Å². The Morgan fingerprint density at radius 2 is 1.89 bits per heavy atom. The molecular formula is C17H18O2. The van der Waals surface area contributed by atoms with Crippen molar-refractivity contribution in [1.29, 1.82) is 0 Å². The first-order valence-electron chi connectivity index (χ1n) is 6.15. The van der Waals surface area contributed by atoms with Gasteiger partial charge in [0.1, 0.15) is 0 Å². The smallest absolute Gasteiger partial charge is 0.192 e. The van der Waals surface area contributed by atoms with E-state index in [4.69, 9.17) is 0 Å². The number of ketones is 2. The number of hydrogen-bond donors (Lipinski definition) is 0. The van der Waals surface area contributed by atoms with Crippen LogP contribution in [0, 0.1) is 5.92 Å². The molecule has 19 heavy (non-hydrogen) atoms. The minimum Gasteiger partial charge on any atom is -0.294 e. The van der Waals surface area contributed by atoms with Crippen LogP contribution in [0.1, 0.15) is 13.8 Å². The Hall–Kier alpha value is -2.22. The van der Waals surface area contributed by atoms with Crippen LogP contribution >= 0.6 is 0 Å². The molecule has 1 atom stereocenters. The quantitative estimate of drug-likeness (QED) is 0.671. The molecule has 0 bridgehead atoms. The standard InChI is InChI=1S/C17H18O2/c1-5-9-15-14(6-2)16(18)12(3)10-7-8-11-13(4)17(15)19/h5-11,13H,1,3H2,2,4H3/b10-7-,11-8-,14-6+,15-9+. The summed E-state index contributed by atoms with van der Waals surface area (Å²) < 4.78 is 0. The molecule has 0 saturated carbocycles. The Morgan fingerprint density at radius 3 is 2.47 bits per heavy atom. The summed E-state index contributed by atoms with van der Waals surface area (Å²) in [6, 6.07) is 0. The minimum absolute atomic E-state index is 0.0966. The SMILES string of the molecule is C=C/C=C1/C(=O)C(C)/C=C\C=C/C(=C)C(=O)/C1=C/C. The van der Waals surface area contributed by atoms with E-state index in [0.717, 1.165) is 0 Å². The summed E-state index contributed by atoms with van der Waals surface area (Å²) in [5, 5.41) is 0. The van der Waals surface area contributed by atoms with Gasteiger partial charge in [-0.3, -0.25) is 9.59 Å². The van der Waals surface area contributed by atoms with Crippen LogP contribution in [-0.4, -0.2) is 11.6 Å². The summed E-state index contributed by atoms with van der Waals surface area (Å²) in [4.78, 5) is 24.6. The van der Waals surface area contributed by atoms with Gasteiger partial charge in [0.2, 0.25) is 0 Å². The zero-order valence-electron chi connectivity index (χ0n) is 11.3. The molecular weight excluding hydrogens is 236 g/mol. The Balaban J connectivity index is 3.44. The predicted octanol–water partition coefficient (Wildman–Crippen LogP) is 3.50. The predicted molar refractivity (Wildman–Crippen MR) is 78.6 cm³/mol. The number of carbonyl (C=O) groups is 2. The van der Waals surface area contributed by atoms with E-state index in [1.807, 2.05) is 0 Å². The maximum Gasteiger partial charge on any atom is 0.192 e. The lowest BCUT2D eigenvalue weighted by molar-refractivity contribution is -0.118. The fraction of sp³-hybridized carbons (Fsp3) is 0.176. The molecule has 0 aromatic rings. The second-order valence-corrected chi connectivity index (χ2v) is 4.27. The maximum absolute atomic E-state index is 12.4. The second kappa shape index (κ2) is 6.64. The van der Waals surface area contributed by atoms with Crippen LogP contribution in [0.4, 0.5) is 0 Å². The average Bonchev–Trinajstić information content (AvgIpc) is 2.40. The van der Waals surface area contributed by atoms with E-state index in [0.29, 0.717) is 16.7 Å². The minimum atomic E-state index is -0.287. The number of allylic oxidation sites excluding steroid dienone is 10. The molecule has 0 fully saturated rings. The van der Waals surface area contributed by atoms with E-state index in [2.05, 4.69) is 13.2 Å². The summed E-state index contributed by atoms with van der Waals surface area (Å²) in [6.45, 7) is 10.9. The second-order valence-electron chi connectivity index (χ2n) is 4.27. The molecule has 0 aromatic carbocycles. The van der Waals surface area contributed by atoms with Gasteiger partial charge < -0.3 is 0 Å². The summed E-state index contributed by atoms with van der Waals surface area (Å²) in [5.74, 6) is -0.617. The first kappa shape index (κ1) is 14.8. The lowest BCUT2D eigenvalue weighted by Gasteiger charge is -2.14. The lowest BCUT2D eigenvalue weighted by atomic mass is 9.88. The van der Waals surface area contributed by atoms with E-state index in [9.17, 15) is 9.59 Å². The van der Waals surface area contributed by atoms with Crippen LogP contribution < -0.4 is 0 Å². The highest BCUT2D eigenvalue weighted by molar-refractivity contribution is 6.20. The first-order valence-corrected chi connectivity index (χ1v) is 6.15. The van der Waals surface area contributed by atoms with E-state index in [1.54, 1.807) is 50.3 Å². The molecule has 0 saturated heterocycles. The van der Waals surface area contributed by atoms with Crippen LogP contribution in [-0.2, 0) is 9.59 Å². The molecule has 1 unspecified atom stereocenters. The zero-order chi connectivity index (χ0) is 14.4. The highest BCUT2D eigenvalue weighted by Gasteiger charge is 2.23. The van der Waals surface area contributed by atoms with E-state index < -0.39 is 0 Å². The Bertz CT molecular complexity index is 540. The molecule has 0 spiro atoms. The van der Waals surface area contributed by atoms with E-state index >= 15 is 0 Å². The third-order valence-corrected chi connectivity index (χ3v) is 2.89. The van der Waals surface area contributed by atoms with E-state index in [-0.39, 0.29) is 17.5 Å². The summed E-state index contributed by atoms with van der Waals surface area (Å²) in [5.41, 5.74) is 1.12. The Kier molecular flexibility index (Phi) is 5.19. The van der Waals surface area contributed by atoms with Crippen molar-refractivity contribution in [3.63, 3.8) is 0 Å². The molecule has 2 heteroatoms. The molecule has 98 valence electrons. The van der Waals surface area contributed by atoms with Crippen LogP contribution in [0.2, 0.25) is 0 Å². The molecule has 1 aliphatic rings. The zero-order valence-corrected chi connectivity index (χ0v) is 11.3. The normalized spacial score (nSPS) is 28.5. The fourth-order valence-corrected chi connectivity index (χ4v) is 1.82. The highest BCUT2D eigenvalue weighted by atomic mass is 16.1. The van der Waals surface area contributed by atoms with Crippen LogP contribution in [0.3, 0.4) is 0 Å². The molecule has 1 rings (SSSR count). The van der Waals surface area contributed by atoms with Crippen LogP contribution in [0.15, 0.2) is 72.4 Å². The van der Waals surface area contributed by atoms with Crippen molar-refractivity contribution in [2.24, 2.45) is 5.92 Å². The molecule has 0 amide bonds. The number of hydrogen-bond acceptors (Lipinski definition) is 2. The summed E-state index contributed by atoms with van der Waals surface area (Å²) in [6.07, 6.45) is 11.7. The van der Waals surface area contributed by atoms with Gasteiger partial charge in [0.05, 0.1) is 0 Å². The van der Waals surface area contributed by atoms with Crippen LogP contribution in [0.25, 0.3) is 0 Å². The van der Waals surface area contributed by atoms with Gasteiger partial charge >= 0.3 is 0 Å². The fourth-order valence-electron chi connectivity index (χ4n) is 1.82. The summed E-state index contributed by atoms with van der Waals surface area (Å²) in [7, 11) is 0. The molecule has 1 aliphatic carbocycles. The van der Waals surface area contributed by atoms with Crippen molar-refractivity contribution in [3.05, 3.63) is 72.4 Å². The van der Waals surface area contributed by atoms with Gasteiger partial charge in [-0.05, 0) is 6.92 Å². The number of rotatable bonds is 1. The molecule has 2 nitrogen and oxygen atoms in total. The maximum atomic E-state index is 12.4. The van der Waals surface area contributed by atoms with Gasteiger partial charge in [-0.15, -0.1) is 0 Å². The Labute approximate surface area is 114 Å². The molecule has 0 aliphatic heterocycles. The largest absolute Gasteiger partial charge is 0.294 e. The molecule has 0 N–H and O–H groups in total. The van der Waals surface area contributed by atoms with Crippen molar-refractivity contribution < 1.29 is 9.59 Å². The number of Topliss-reactive ketones (excluding diaryl/α,β-unsaturated/α-hetero) is 2. The molecule has 0 heterocycles. The van der Waals surface area contributed by atoms with Gasteiger partial charge in [0.25, 0.3) is 0 Å². The topological polar surface area (TPSA) is 34.1 Å². The van der Waals surface area contributed by atoms with Crippen LogP contribution in [0.5, 0.6) is 0 Å².